The maximum absolute atomic E-state index is 5.40. The number of nitrogens with one attached hydrogen (secondary N) is 1. The van der Waals surface area contributed by atoms with Gasteiger partial charge in [-0.3, -0.25) is 0 Å². The van der Waals surface area contributed by atoms with Crippen molar-refractivity contribution < 1.29 is 4.74 Å². The quantitative estimate of drug-likeness (QED) is 0.824. The first-order chi connectivity index (χ1) is 9.69. The van der Waals surface area contributed by atoms with E-state index in [4.69, 9.17) is 4.74 Å². The van der Waals surface area contributed by atoms with E-state index in [2.05, 4.69) is 39.1 Å². The van der Waals surface area contributed by atoms with E-state index in [0.29, 0.717) is 5.92 Å². The normalized spacial score (nSPS) is 17.4. The summed E-state index contributed by atoms with van der Waals surface area (Å²) >= 11 is 3.51. The van der Waals surface area contributed by atoms with Gasteiger partial charge in [0.1, 0.15) is 5.75 Å². The van der Waals surface area contributed by atoms with Crippen LogP contribution in [0.25, 0.3) is 0 Å². The summed E-state index contributed by atoms with van der Waals surface area (Å²) in [6, 6.07) is 6.14. The fraction of sp³-hybridized carbons (Fsp3) is 0.625. The predicted molar refractivity (Wildman–Crippen MR) is 87.2 cm³/mol. The lowest BCUT2D eigenvalue weighted by molar-refractivity contribution is 0.282. The van der Waals surface area contributed by atoms with E-state index >= 15 is 0 Å². The van der Waals surface area contributed by atoms with Crippen LogP contribution in [0.5, 0.6) is 5.75 Å². The van der Waals surface area contributed by atoms with E-state index in [1.165, 1.54) is 38.0 Å². The van der Waals surface area contributed by atoms with E-state index in [1.54, 1.807) is 7.11 Å². The number of benzene rings is 1. The average Bonchev–Trinajstić information content (AvgIpc) is 2.92. The third kappa shape index (κ3) is 4.76. The third-order valence-corrected chi connectivity index (χ3v) is 4.31. The molecule has 1 atom stereocenters. The molecule has 1 fully saturated rings. The molecule has 0 amide bonds. The van der Waals surface area contributed by atoms with Crippen molar-refractivity contribution in [2.45, 2.75) is 26.3 Å². The monoisotopic (exact) mass is 340 g/mol. The summed E-state index contributed by atoms with van der Waals surface area (Å²) in [5.41, 5.74) is 1.20. The standard InChI is InChI=1S/C16H25BrN2O/c1-13(12-19-7-3-4-8-19)10-18-11-14-9-15(17)5-6-16(14)20-2/h5-6,9,13,18H,3-4,7-8,10-12H2,1-2H3. The first kappa shape index (κ1) is 15.8. The maximum atomic E-state index is 5.40. The van der Waals surface area contributed by atoms with Crippen molar-refractivity contribution in [3.05, 3.63) is 28.2 Å². The molecule has 0 aliphatic carbocycles. The number of nitrogens with zero attached hydrogens (tertiary/aromatic N) is 1. The summed E-state index contributed by atoms with van der Waals surface area (Å²) in [5.74, 6) is 1.64. The van der Waals surface area contributed by atoms with Crippen LogP contribution in [0.2, 0.25) is 0 Å². The van der Waals surface area contributed by atoms with Crippen LogP contribution >= 0.6 is 15.9 Å². The van der Waals surface area contributed by atoms with Gasteiger partial charge in [0, 0.05) is 23.1 Å². The van der Waals surface area contributed by atoms with Gasteiger partial charge in [-0.25, -0.2) is 0 Å². The van der Waals surface area contributed by atoms with Gasteiger partial charge < -0.3 is 15.0 Å². The maximum Gasteiger partial charge on any atom is 0.123 e. The average molecular weight is 341 g/mol. The van der Waals surface area contributed by atoms with Crippen LogP contribution in [0.1, 0.15) is 25.3 Å². The van der Waals surface area contributed by atoms with Crippen molar-refractivity contribution in [1.29, 1.82) is 0 Å². The zero-order chi connectivity index (χ0) is 14.4. The Morgan fingerprint density at radius 2 is 2.10 bits per heavy atom. The molecule has 1 aliphatic rings. The highest BCUT2D eigenvalue weighted by Gasteiger charge is 2.14. The number of halogens is 1. The van der Waals surface area contributed by atoms with Gasteiger partial charge >= 0.3 is 0 Å². The largest absolute Gasteiger partial charge is 0.496 e. The van der Waals surface area contributed by atoms with Crippen LogP contribution in [-0.4, -0.2) is 38.2 Å². The Labute approximate surface area is 130 Å². The topological polar surface area (TPSA) is 24.5 Å². The Hall–Kier alpha value is -0.580. The summed E-state index contributed by atoms with van der Waals surface area (Å²) in [4.78, 5) is 2.58. The molecule has 112 valence electrons. The summed E-state index contributed by atoms with van der Waals surface area (Å²) in [5, 5.41) is 3.55. The lowest BCUT2D eigenvalue weighted by Crippen LogP contribution is -2.31. The molecule has 0 spiro atoms. The first-order valence-electron chi connectivity index (χ1n) is 7.44. The van der Waals surface area contributed by atoms with E-state index < -0.39 is 0 Å². The summed E-state index contributed by atoms with van der Waals surface area (Å²) in [6.45, 7) is 8.00. The number of methoxy groups -OCH3 is 1. The Morgan fingerprint density at radius 3 is 2.80 bits per heavy atom. The highest BCUT2D eigenvalue weighted by Crippen LogP contribution is 2.22. The molecule has 1 aromatic carbocycles. The fourth-order valence-electron chi connectivity index (χ4n) is 2.81. The highest BCUT2D eigenvalue weighted by molar-refractivity contribution is 9.10. The molecule has 0 aromatic heterocycles. The second-order valence-electron chi connectivity index (χ2n) is 5.70. The van der Waals surface area contributed by atoms with Crippen LogP contribution in [0.15, 0.2) is 22.7 Å². The van der Waals surface area contributed by atoms with Gasteiger partial charge in [-0.1, -0.05) is 22.9 Å². The fourth-order valence-corrected chi connectivity index (χ4v) is 3.22. The minimum atomic E-state index is 0.686. The molecule has 1 aromatic rings. The van der Waals surface area contributed by atoms with Gasteiger partial charge in [0.25, 0.3) is 0 Å². The predicted octanol–water partition coefficient (Wildman–Crippen LogP) is 3.28. The number of hydrogen-bond acceptors (Lipinski definition) is 3. The zero-order valence-corrected chi connectivity index (χ0v) is 14.1. The van der Waals surface area contributed by atoms with Gasteiger partial charge in [-0.15, -0.1) is 0 Å². The number of hydrogen-bond donors (Lipinski definition) is 1. The molecular weight excluding hydrogens is 316 g/mol. The van der Waals surface area contributed by atoms with Crippen molar-refractivity contribution in [1.82, 2.24) is 10.2 Å². The van der Waals surface area contributed by atoms with Crippen LogP contribution in [0, 0.1) is 5.92 Å². The van der Waals surface area contributed by atoms with E-state index in [9.17, 15) is 0 Å². The van der Waals surface area contributed by atoms with Crippen molar-refractivity contribution in [2.75, 3.05) is 33.3 Å². The van der Waals surface area contributed by atoms with Crippen LogP contribution < -0.4 is 10.1 Å². The lowest BCUT2D eigenvalue weighted by atomic mass is 10.1. The molecule has 2 rings (SSSR count). The molecule has 0 radical (unpaired) electrons. The second-order valence-corrected chi connectivity index (χ2v) is 6.62. The Bertz CT molecular complexity index is 419. The summed E-state index contributed by atoms with van der Waals surface area (Å²) in [7, 11) is 1.72. The van der Waals surface area contributed by atoms with E-state index in [1.807, 2.05) is 12.1 Å². The molecule has 0 bridgehead atoms. The molecule has 1 unspecified atom stereocenters. The minimum Gasteiger partial charge on any atom is -0.496 e. The van der Waals surface area contributed by atoms with Crippen LogP contribution in [-0.2, 0) is 6.54 Å². The van der Waals surface area contributed by atoms with Crippen LogP contribution in [0.4, 0.5) is 0 Å². The van der Waals surface area contributed by atoms with Gasteiger partial charge in [-0.05, 0) is 56.6 Å². The SMILES string of the molecule is COc1ccc(Br)cc1CNCC(C)CN1CCCC1. The lowest BCUT2D eigenvalue weighted by Gasteiger charge is -2.20. The molecule has 4 heteroatoms. The van der Waals surface area contributed by atoms with E-state index in [-0.39, 0.29) is 0 Å². The molecule has 20 heavy (non-hydrogen) atoms. The number of likely N-dealkylation sites (tertiary alicyclic amines) is 1. The van der Waals surface area contributed by atoms with Crippen molar-refractivity contribution >= 4 is 15.9 Å². The van der Waals surface area contributed by atoms with Crippen molar-refractivity contribution in [2.24, 2.45) is 5.92 Å². The second kappa shape index (κ2) is 8.01. The Morgan fingerprint density at radius 1 is 1.35 bits per heavy atom. The van der Waals surface area contributed by atoms with E-state index in [0.717, 1.165) is 23.3 Å². The van der Waals surface area contributed by atoms with Gasteiger partial charge in [-0.2, -0.15) is 0 Å². The Balaban J connectivity index is 1.75. The molecule has 1 N–H and O–H groups in total. The van der Waals surface area contributed by atoms with Gasteiger partial charge in [0.15, 0.2) is 0 Å². The molecule has 1 saturated heterocycles. The minimum absolute atomic E-state index is 0.686. The van der Waals surface area contributed by atoms with Crippen molar-refractivity contribution in [3.8, 4) is 5.75 Å². The summed E-state index contributed by atoms with van der Waals surface area (Å²) in [6.07, 6.45) is 2.74. The molecule has 3 nitrogen and oxygen atoms in total. The zero-order valence-electron chi connectivity index (χ0n) is 12.5. The number of ether oxygens (including phenoxy) is 1. The molecular formula is C16H25BrN2O. The van der Waals surface area contributed by atoms with Crippen LogP contribution in [0.3, 0.4) is 0 Å². The van der Waals surface area contributed by atoms with Crippen molar-refractivity contribution in [3.63, 3.8) is 0 Å². The molecule has 1 heterocycles. The first-order valence-corrected chi connectivity index (χ1v) is 8.24. The highest BCUT2D eigenvalue weighted by atomic mass is 79.9. The molecule has 0 saturated carbocycles. The smallest absolute Gasteiger partial charge is 0.123 e. The van der Waals surface area contributed by atoms with Gasteiger partial charge in [0.05, 0.1) is 7.11 Å². The third-order valence-electron chi connectivity index (χ3n) is 3.82. The van der Waals surface area contributed by atoms with Gasteiger partial charge in [0.2, 0.25) is 0 Å². The Kier molecular flexibility index (Phi) is 6.33. The molecule has 1 aliphatic heterocycles. The summed E-state index contributed by atoms with van der Waals surface area (Å²) < 4.78 is 6.49. The number of rotatable bonds is 7.